The van der Waals surface area contributed by atoms with Crippen LogP contribution in [0, 0.1) is 11.8 Å². The average Bonchev–Trinajstić information content (AvgIpc) is 2.64. The van der Waals surface area contributed by atoms with E-state index in [1.807, 2.05) is 31.6 Å². The van der Waals surface area contributed by atoms with Gasteiger partial charge in [0.2, 0.25) is 5.91 Å². The van der Waals surface area contributed by atoms with E-state index in [-0.39, 0.29) is 18.0 Å². The first-order valence-corrected chi connectivity index (χ1v) is 11.5. The largest absolute Gasteiger partial charge is 0.369 e. The summed E-state index contributed by atoms with van der Waals surface area (Å²) in [6, 6.07) is 0. The number of rotatable bonds is 14. The monoisotopic (exact) mass is 392 g/mol. The molecule has 0 radical (unpaired) electrons. The molecule has 1 atom stereocenters. The minimum Gasteiger partial charge on any atom is -0.369 e. The summed E-state index contributed by atoms with van der Waals surface area (Å²) in [6.07, 6.45) is 1.75. The maximum absolute atomic E-state index is 11.4. The van der Waals surface area contributed by atoms with Gasteiger partial charge in [-0.2, -0.15) is 0 Å². The van der Waals surface area contributed by atoms with E-state index < -0.39 is 0 Å². The second-order valence-electron chi connectivity index (χ2n) is 4.52. The van der Waals surface area contributed by atoms with Crippen LogP contribution in [-0.2, 0) is 14.3 Å². The standard InChI is InChI=1S/C16H30N2O3S2.C2H6/c1-4-7-8-9-18-15(19)14-20-11-12-21-16(5-2)23-22-13-10-17-6-3;1-2/h16-17H,4-6,9-14H2,1-3H3,(H,18,19);1-2H3. The van der Waals surface area contributed by atoms with Crippen molar-refractivity contribution >= 4 is 27.5 Å². The fourth-order valence-corrected chi connectivity index (χ4v) is 3.75. The Hall–Kier alpha value is -0.390. The lowest BCUT2D eigenvalue weighted by Crippen LogP contribution is -2.28. The molecule has 5 nitrogen and oxygen atoms in total. The van der Waals surface area contributed by atoms with Crippen LogP contribution in [-0.4, -0.2) is 56.6 Å². The Bertz CT molecular complexity index is 347. The van der Waals surface area contributed by atoms with Gasteiger partial charge in [0.25, 0.3) is 0 Å². The highest BCUT2D eigenvalue weighted by Gasteiger charge is 2.07. The summed E-state index contributed by atoms with van der Waals surface area (Å²) in [5.74, 6) is 6.67. The van der Waals surface area contributed by atoms with Gasteiger partial charge in [-0.15, -0.1) is 5.92 Å². The van der Waals surface area contributed by atoms with Crippen molar-refractivity contribution in [3.8, 4) is 11.8 Å². The Morgan fingerprint density at radius 2 is 1.92 bits per heavy atom. The van der Waals surface area contributed by atoms with E-state index in [1.54, 1.807) is 10.8 Å². The molecule has 7 heteroatoms. The predicted octanol–water partition coefficient (Wildman–Crippen LogP) is 3.30. The zero-order valence-electron chi connectivity index (χ0n) is 16.5. The summed E-state index contributed by atoms with van der Waals surface area (Å²) < 4.78 is 11.0. The van der Waals surface area contributed by atoms with Crippen molar-refractivity contribution in [3.63, 3.8) is 0 Å². The van der Waals surface area contributed by atoms with Crippen molar-refractivity contribution in [2.24, 2.45) is 0 Å². The van der Waals surface area contributed by atoms with E-state index in [0.717, 1.165) is 31.7 Å². The minimum atomic E-state index is -0.143. The highest BCUT2D eigenvalue weighted by atomic mass is 33.1. The molecule has 0 fully saturated rings. The third kappa shape index (κ3) is 21.6. The lowest BCUT2D eigenvalue weighted by Gasteiger charge is -2.15. The number of ether oxygens (including phenoxy) is 2. The molecule has 0 aromatic heterocycles. The van der Waals surface area contributed by atoms with Gasteiger partial charge in [0.05, 0.1) is 19.8 Å². The first-order chi connectivity index (χ1) is 12.2. The molecule has 0 spiro atoms. The van der Waals surface area contributed by atoms with Crippen LogP contribution in [0.3, 0.4) is 0 Å². The third-order valence-corrected chi connectivity index (χ3v) is 5.30. The molecule has 0 aromatic carbocycles. The molecule has 148 valence electrons. The van der Waals surface area contributed by atoms with Crippen molar-refractivity contribution in [2.75, 3.05) is 45.2 Å². The Morgan fingerprint density at radius 3 is 2.56 bits per heavy atom. The van der Waals surface area contributed by atoms with Crippen LogP contribution in [0.25, 0.3) is 0 Å². The zero-order chi connectivity index (χ0) is 19.2. The molecule has 1 amide bonds. The Balaban J connectivity index is 0. The number of carbonyl (C=O) groups excluding carboxylic acids is 1. The number of nitrogens with one attached hydrogen (secondary N) is 2. The van der Waals surface area contributed by atoms with Crippen molar-refractivity contribution in [1.82, 2.24) is 10.6 Å². The van der Waals surface area contributed by atoms with Crippen LogP contribution in [0.4, 0.5) is 0 Å². The molecule has 0 aliphatic rings. The molecule has 0 saturated heterocycles. The van der Waals surface area contributed by atoms with Gasteiger partial charge in [-0.3, -0.25) is 4.79 Å². The van der Waals surface area contributed by atoms with E-state index in [0.29, 0.717) is 19.8 Å². The Morgan fingerprint density at radius 1 is 1.16 bits per heavy atom. The molecule has 0 aliphatic heterocycles. The summed E-state index contributed by atoms with van der Waals surface area (Å²) in [7, 11) is 3.58. The predicted molar refractivity (Wildman–Crippen MR) is 112 cm³/mol. The smallest absolute Gasteiger partial charge is 0.246 e. The summed E-state index contributed by atoms with van der Waals surface area (Å²) in [5, 5.41) is 5.97. The number of hydrogen-bond donors (Lipinski definition) is 2. The SMILES string of the molecule is CC.CCC#CCNC(=O)COCCOC(CC)SSCCNCC. The van der Waals surface area contributed by atoms with Gasteiger partial charge in [0.15, 0.2) is 0 Å². The van der Waals surface area contributed by atoms with Crippen LogP contribution in [0.15, 0.2) is 0 Å². The number of amides is 1. The van der Waals surface area contributed by atoms with Crippen molar-refractivity contribution < 1.29 is 14.3 Å². The van der Waals surface area contributed by atoms with E-state index in [2.05, 4.69) is 36.3 Å². The number of carbonyl (C=O) groups is 1. The Labute approximate surface area is 162 Å². The average molecular weight is 393 g/mol. The summed E-state index contributed by atoms with van der Waals surface area (Å²) in [4.78, 5) is 11.4. The minimum absolute atomic E-state index is 0.0541. The first kappa shape index (κ1) is 26.8. The lowest BCUT2D eigenvalue weighted by atomic mass is 10.4. The van der Waals surface area contributed by atoms with Gasteiger partial charge in [-0.25, -0.2) is 0 Å². The van der Waals surface area contributed by atoms with Crippen LogP contribution >= 0.6 is 21.6 Å². The van der Waals surface area contributed by atoms with Crippen LogP contribution < -0.4 is 10.6 Å². The fraction of sp³-hybridized carbons (Fsp3) is 0.833. The molecule has 0 bridgehead atoms. The van der Waals surface area contributed by atoms with Gasteiger partial charge in [0.1, 0.15) is 12.0 Å². The van der Waals surface area contributed by atoms with Gasteiger partial charge in [-0.05, 0) is 13.0 Å². The summed E-state index contributed by atoms with van der Waals surface area (Å²) in [6.45, 7) is 13.6. The molecule has 0 aromatic rings. The van der Waals surface area contributed by atoms with Crippen molar-refractivity contribution in [2.45, 2.75) is 52.9 Å². The molecular formula is C18H36N2O3S2. The quantitative estimate of drug-likeness (QED) is 0.205. The topological polar surface area (TPSA) is 59.6 Å². The highest BCUT2D eigenvalue weighted by Crippen LogP contribution is 2.28. The Kier molecular flexibility index (Phi) is 25.3. The molecule has 0 aliphatic carbocycles. The second-order valence-corrected chi connectivity index (χ2v) is 7.16. The number of hydrogen-bond acceptors (Lipinski definition) is 6. The van der Waals surface area contributed by atoms with Gasteiger partial charge < -0.3 is 20.1 Å². The fourth-order valence-electron chi connectivity index (χ4n) is 1.41. The summed E-state index contributed by atoms with van der Waals surface area (Å²) >= 11 is 0. The molecule has 0 heterocycles. The molecule has 0 rings (SSSR count). The first-order valence-electron chi connectivity index (χ1n) is 9.15. The molecule has 0 saturated carbocycles. The van der Waals surface area contributed by atoms with Crippen molar-refractivity contribution in [1.29, 1.82) is 0 Å². The van der Waals surface area contributed by atoms with Crippen LogP contribution in [0.2, 0.25) is 0 Å². The molecule has 25 heavy (non-hydrogen) atoms. The van der Waals surface area contributed by atoms with E-state index in [4.69, 9.17) is 9.47 Å². The highest BCUT2D eigenvalue weighted by molar-refractivity contribution is 8.76. The van der Waals surface area contributed by atoms with E-state index >= 15 is 0 Å². The van der Waals surface area contributed by atoms with Gasteiger partial charge in [-0.1, -0.05) is 62.1 Å². The van der Waals surface area contributed by atoms with E-state index in [9.17, 15) is 4.79 Å². The van der Waals surface area contributed by atoms with E-state index in [1.165, 1.54) is 0 Å². The maximum Gasteiger partial charge on any atom is 0.246 e. The van der Waals surface area contributed by atoms with Crippen LogP contribution in [0.5, 0.6) is 0 Å². The van der Waals surface area contributed by atoms with Crippen molar-refractivity contribution in [3.05, 3.63) is 0 Å². The normalized spacial score (nSPS) is 10.9. The maximum atomic E-state index is 11.4. The molecular weight excluding hydrogens is 356 g/mol. The van der Waals surface area contributed by atoms with Crippen LogP contribution in [0.1, 0.15) is 47.5 Å². The second kappa shape index (κ2) is 23.6. The third-order valence-electron chi connectivity index (χ3n) is 2.56. The zero-order valence-corrected chi connectivity index (χ0v) is 18.1. The van der Waals surface area contributed by atoms with Gasteiger partial charge >= 0.3 is 0 Å². The lowest BCUT2D eigenvalue weighted by molar-refractivity contribution is -0.126. The molecule has 1 unspecified atom stereocenters. The van der Waals surface area contributed by atoms with Gasteiger partial charge in [0, 0.05) is 18.7 Å². The molecule has 2 N–H and O–H groups in total. The summed E-state index contributed by atoms with van der Waals surface area (Å²) in [5.41, 5.74) is 0.170.